The molecule has 0 spiro atoms. The highest BCUT2D eigenvalue weighted by Gasteiger charge is 2.41. The summed E-state index contributed by atoms with van der Waals surface area (Å²) in [6, 6.07) is 4.12. The first-order valence-corrected chi connectivity index (χ1v) is 9.25. The molecule has 154 valence electrons. The molecule has 0 unspecified atom stereocenters. The van der Waals surface area contributed by atoms with Crippen molar-refractivity contribution in [2.75, 3.05) is 5.32 Å². The molecule has 0 aliphatic carbocycles. The van der Waals surface area contributed by atoms with Gasteiger partial charge in [-0.2, -0.15) is 13.2 Å². The van der Waals surface area contributed by atoms with Gasteiger partial charge in [0.25, 0.3) is 11.8 Å². The first-order valence-electron chi connectivity index (χ1n) is 9.25. The summed E-state index contributed by atoms with van der Waals surface area (Å²) < 4.78 is 50.7. The summed E-state index contributed by atoms with van der Waals surface area (Å²) in [6.45, 7) is 1.64. The van der Waals surface area contributed by atoms with Gasteiger partial charge in [-0.25, -0.2) is 0 Å². The number of fused-ring (bicyclic) bond motifs is 2. The summed E-state index contributed by atoms with van der Waals surface area (Å²) >= 11 is 0. The van der Waals surface area contributed by atoms with E-state index in [4.69, 9.17) is 9.15 Å². The fourth-order valence-corrected chi connectivity index (χ4v) is 3.83. The molecule has 1 aromatic heterocycles. The Kier molecular flexibility index (Phi) is 4.85. The highest BCUT2D eigenvalue weighted by molar-refractivity contribution is 6.04. The minimum atomic E-state index is -4.67. The van der Waals surface area contributed by atoms with Crippen LogP contribution < -0.4 is 10.6 Å². The molecule has 3 atom stereocenters. The third-order valence-electron chi connectivity index (χ3n) is 5.27. The van der Waals surface area contributed by atoms with Gasteiger partial charge in [0, 0.05) is 16.8 Å². The summed E-state index contributed by atoms with van der Waals surface area (Å²) in [7, 11) is 0. The van der Waals surface area contributed by atoms with Gasteiger partial charge in [-0.3, -0.25) is 9.59 Å². The highest BCUT2D eigenvalue weighted by Crippen LogP contribution is 2.35. The third-order valence-corrected chi connectivity index (χ3v) is 5.27. The lowest BCUT2D eigenvalue weighted by Gasteiger charge is -2.20. The second-order valence-corrected chi connectivity index (χ2v) is 7.37. The molecule has 9 heteroatoms. The van der Waals surface area contributed by atoms with Gasteiger partial charge >= 0.3 is 6.18 Å². The smallest absolute Gasteiger partial charge is 0.416 e. The van der Waals surface area contributed by atoms with E-state index in [1.54, 1.807) is 13.0 Å². The van der Waals surface area contributed by atoms with Crippen LogP contribution in [-0.4, -0.2) is 30.1 Å². The number of hydrogen-bond acceptors (Lipinski definition) is 4. The van der Waals surface area contributed by atoms with Gasteiger partial charge in [0.05, 0.1) is 30.1 Å². The number of benzene rings is 1. The van der Waals surface area contributed by atoms with E-state index in [-0.39, 0.29) is 35.3 Å². The highest BCUT2D eigenvalue weighted by atomic mass is 19.4. The third kappa shape index (κ3) is 4.00. The number of nitrogens with one attached hydrogen (secondary N) is 2. The molecule has 29 heavy (non-hydrogen) atoms. The number of amides is 2. The largest absolute Gasteiger partial charge is 0.459 e. The first-order chi connectivity index (χ1) is 13.7. The van der Waals surface area contributed by atoms with E-state index in [0.29, 0.717) is 12.0 Å². The zero-order valence-electron chi connectivity index (χ0n) is 15.5. The number of alkyl halides is 3. The number of ether oxygens (including phenoxy) is 1. The van der Waals surface area contributed by atoms with Crippen LogP contribution in [0.4, 0.5) is 18.9 Å². The summed E-state index contributed by atoms with van der Waals surface area (Å²) in [5.74, 6) is -1.34. The van der Waals surface area contributed by atoms with Crippen molar-refractivity contribution < 1.29 is 31.9 Å². The van der Waals surface area contributed by atoms with Crippen LogP contribution in [0.3, 0.4) is 0 Å². The predicted molar refractivity (Wildman–Crippen MR) is 96.6 cm³/mol. The van der Waals surface area contributed by atoms with Crippen molar-refractivity contribution >= 4 is 17.5 Å². The van der Waals surface area contributed by atoms with Crippen molar-refractivity contribution in [2.45, 2.75) is 50.6 Å². The van der Waals surface area contributed by atoms with Crippen LogP contribution in [0.15, 0.2) is 34.9 Å². The fraction of sp³-hybridized carbons (Fsp3) is 0.400. The van der Waals surface area contributed by atoms with E-state index in [2.05, 4.69) is 10.6 Å². The van der Waals surface area contributed by atoms with Crippen LogP contribution >= 0.6 is 0 Å². The predicted octanol–water partition coefficient (Wildman–Crippen LogP) is 3.91. The van der Waals surface area contributed by atoms with E-state index in [9.17, 15) is 22.8 Å². The molecular weight excluding hydrogens is 389 g/mol. The number of carbonyl (C=O) groups excluding carboxylic acids is 2. The number of rotatable bonds is 4. The second kappa shape index (κ2) is 7.22. The minimum Gasteiger partial charge on any atom is -0.459 e. The Balaban J connectivity index is 1.58. The van der Waals surface area contributed by atoms with E-state index in [1.165, 1.54) is 12.3 Å². The zero-order valence-corrected chi connectivity index (χ0v) is 15.5. The van der Waals surface area contributed by atoms with Gasteiger partial charge in [0.1, 0.15) is 0 Å². The topological polar surface area (TPSA) is 80.6 Å². The molecule has 0 radical (unpaired) electrons. The molecule has 2 aromatic rings. The maximum Gasteiger partial charge on any atom is 0.416 e. The number of halogens is 3. The molecule has 2 aliphatic heterocycles. The summed E-state index contributed by atoms with van der Waals surface area (Å²) in [4.78, 5) is 24.9. The van der Waals surface area contributed by atoms with Crippen molar-refractivity contribution in [1.82, 2.24) is 5.32 Å². The van der Waals surface area contributed by atoms with Crippen LogP contribution in [-0.2, 0) is 10.9 Å². The van der Waals surface area contributed by atoms with Crippen molar-refractivity contribution in [3.05, 3.63) is 53.0 Å². The lowest BCUT2D eigenvalue weighted by Crippen LogP contribution is -2.41. The van der Waals surface area contributed by atoms with Gasteiger partial charge in [-0.1, -0.05) is 0 Å². The number of aryl methyl sites for hydroxylation is 1. The van der Waals surface area contributed by atoms with E-state index >= 15 is 0 Å². The van der Waals surface area contributed by atoms with Crippen molar-refractivity contribution in [2.24, 2.45) is 0 Å². The molecule has 2 N–H and O–H groups in total. The number of furan rings is 1. The van der Waals surface area contributed by atoms with Crippen molar-refractivity contribution in [1.29, 1.82) is 0 Å². The molecule has 0 saturated carbocycles. The number of anilines is 1. The first kappa shape index (κ1) is 19.5. The van der Waals surface area contributed by atoms with Crippen molar-refractivity contribution in [3.8, 4) is 0 Å². The van der Waals surface area contributed by atoms with Crippen LogP contribution in [0.1, 0.15) is 51.3 Å². The fourth-order valence-electron chi connectivity index (χ4n) is 3.83. The molecular formula is C20H19F3N2O4. The van der Waals surface area contributed by atoms with E-state index < -0.39 is 23.6 Å². The number of hydrogen-bond donors (Lipinski definition) is 2. The average molecular weight is 408 g/mol. The lowest BCUT2D eigenvalue weighted by atomic mass is 9.95. The monoisotopic (exact) mass is 408 g/mol. The van der Waals surface area contributed by atoms with Gasteiger partial charge in [-0.05, 0) is 50.5 Å². The Morgan fingerprint density at radius 2 is 1.93 bits per heavy atom. The molecule has 2 fully saturated rings. The zero-order chi connectivity index (χ0) is 20.8. The molecule has 2 aliphatic rings. The Bertz CT molecular complexity index is 953. The van der Waals surface area contributed by atoms with Crippen LogP contribution in [0.5, 0.6) is 0 Å². The van der Waals surface area contributed by atoms with Crippen LogP contribution in [0, 0.1) is 6.92 Å². The SMILES string of the molecule is Cc1ccoc1C(=O)Nc1cc(C(=O)N[C@@H]2C[C@@H]3CC[C@H]2O3)cc(C(F)(F)F)c1. The van der Waals surface area contributed by atoms with Gasteiger partial charge < -0.3 is 19.8 Å². The Morgan fingerprint density at radius 3 is 2.52 bits per heavy atom. The Hall–Kier alpha value is -2.81. The summed E-state index contributed by atoms with van der Waals surface area (Å²) in [6.07, 6.45) is -0.964. The normalized spacial score (nSPS) is 23.2. The average Bonchev–Trinajstić information content (AvgIpc) is 3.37. The van der Waals surface area contributed by atoms with Gasteiger partial charge in [0.15, 0.2) is 5.76 Å². The van der Waals surface area contributed by atoms with E-state index in [1.807, 2.05) is 0 Å². The van der Waals surface area contributed by atoms with Crippen LogP contribution in [0.2, 0.25) is 0 Å². The minimum absolute atomic E-state index is 0.00690. The molecule has 3 heterocycles. The maximum atomic E-state index is 13.3. The summed E-state index contributed by atoms with van der Waals surface area (Å²) in [5.41, 5.74) is -0.812. The van der Waals surface area contributed by atoms with Crippen molar-refractivity contribution in [3.63, 3.8) is 0 Å². The standard InChI is InChI=1S/C20H19F3N2O4/c1-10-4-5-28-17(10)19(27)24-13-7-11(6-12(8-13)20(21,22)23)18(26)25-15-9-14-2-3-16(15)29-14/h4-8,14-16H,2-3,9H2,1H3,(H,24,27)(H,25,26)/t14-,15+,16+/m0/s1. The molecule has 4 rings (SSSR count). The molecule has 2 bridgehead atoms. The molecule has 1 aromatic carbocycles. The Labute approximate surface area is 164 Å². The molecule has 6 nitrogen and oxygen atoms in total. The summed E-state index contributed by atoms with van der Waals surface area (Å²) in [5, 5.41) is 5.14. The number of carbonyl (C=O) groups is 2. The lowest BCUT2D eigenvalue weighted by molar-refractivity contribution is -0.137. The van der Waals surface area contributed by atoms with Gasteiger partial charge in [-0.15, -0.1) is 0 Å². The maximum absolute atomic E-state index is 13.3. The van der Waals surface area contributed by atoms with Gasteiger partial charge in [0.2, 0.25) is 0 Å². The quantitative estimate of drug-likeness (QED) is 0.804. The molecule has 2 saturated heterocycles. The molecule has 2 amide bonds. The Morgan fingerprint density at radius 1 is 1.14 bits per heavy atom. The second-order valence-electron chi connectivity index (χ2n) is 7.37. The van der Waals surface area contributed by atoms with E-state index in [0.717, 1.165) is 25.0 Å². The van der Waals surface area contributed by atoms with Crippen LogP contribution in [0.25, 0.3) is 0 Å².